The fourth-order valence-electron chi connectivity index (χ4n) is 9.92. The van der Waals surface area contributed by atoms with Crippen LogP contribution in [0.15, 0.2) is 46.2 Å². The van der Waals surface area contributed by atoms with Crippen LogP contribution in [-0.4, -0.2) is 149 Å². The van der Waals surface area contributed by atoms with Gasteiger partial charge in [0.05, 0.1) is 75.3 Å². The van der Waals surface area contributed by atoms with Gasteiger partial charge in [-0.3, -0.25) is 53.7 Å². The second-order valence-electron chi connectivity index (χ2n) is 23.6. The number of amides is 2. The molecule has 0 radical (unpaired) electrons. The average molecular weight is 1340 g/mol. The number of ether oxygens (including phenoxy) is 4. The molecule has 6 aromatic heterocycles. The third-order valence-corrected chi connectivity index (χ3v) is 15.7. The molecule has 26 nitrogen and oxygen atoms in total. The molecule has 2 aliphatic heterocycles. The highest BCUT2D eigenvalue weighted by atomic mass is 35.5. The van der Waals surface area contributed by atoms with E-state index >= 15 is 0 Å². The van der Waals surface area contributed by atoms with E-state index in [1.807, 2.05) is 55.4 Å². The monoisotopic (exact) mass is 1330 g/mol. The summed E-state index contributed by atoms with van der Waals surface area (Å²) in [6, 6.07) is 3.77. The molecule has 1 unspecified atom stereocenters. The molecule has 4 atom stereocenters. The number of pyridine rings is 6. The lowest BCUT2D eigenvalue weighted by Gasteiger charge is -2.44. The number of hydrogen-bond acceptors (Lipinski definition) is 20. The molecule has 0 bridgehead atoms. The Kier molecular flexibility index (Phi) is 22.3. The molecule has 0 spiro atoms. The number of halogens is 5. The van der Waals surface area contributed by atoms with Gasteiger partial charge in [0.1, 0.15) is 44.3 Å². The van der Waals surface area contributed by atoms with E-state index in [1.165, 1.54) is 29.0 Å². The highest BCUT2D eigenvalue weighted by Crippen LogP contribution is 2.41. The van der Waals surface area contributed by atoms with Gasteiger partial charge < -0.3 is 39.0 Å². The smallest absolute Gasteiger partial charge is 0.410 e. The molecular formula is C58H69Cl5N12O14. The average Bonchev–Trinajstić information content (AvgIpc) is 0.764. The van der Waals surface area contributed by atoms with Crippen LogP contribution in [0.3, 0.4) is 0 Å². The molecule has 31 heteroatoms. The molecule has 2 amide bonds. The van der Waals surface area contributed by atoms with Crippen molar-refractivity contribution in [1.29, 1.82) is 0 Å². The zero-order valence-electron chi connectivity index (χ0n) is 51.8. The zero-order chi connectivity index (χ0) is 66.8. The number of anilines is 1. The van der Waals surface area contributed by atoms with Gasteiger partial charge in [0.15, 0.2) is 11.3 Å². The van der Waals surface area contributed by atoms with Crippen LogP contribution in [0, 0.1) is 34.1 Å². The largest absolute Gasteiger partial charge is 0.468 e. The van der Waals surface area contributed by atoms with Gasteiger partial charge in [-0.15, -0.1) is 0 Å². The number of carbonyl (C=O) groups excluding carboxylic acids is 4. The number of fused-ring (bicyclic) bond motifs is 2. The van der Waals surface area contributed by atoms with Crippen LogP contribution >= 0.6 is 58.0 Å². The summed E-state index contributed by atoms with van der Waals surface area (Å²) in [6.45, 7) is 25.8. The summed E-state index contributed by atoms with van der Waals surface area (Å²) in [5.74, 6) is -1.37. The van der Waals surface area contributed by atoms with E-state index in [0.29, 0.717) is 40.4 Å². The Labute approximate surface area is 536 Å². The third kappa shape index (κ3) is 15.4. The summed E-state index contributed by atoms with van der Waals surface area (Å²) in [6.07, 6.45) is 2.14. The Balaban J connectivity index is 0.000000237. The molecule has 0 aliphatic carbocycles. The Bertz CT molecular complexity index is 3910. The van der Waals surface area contributed by atoms with Crippen molar-refractivity contribution < 1.29 is 48.0 Å². The van der Waals surface area contributed by atoms with Crippen molar-refractivity contribution in [1.82, 2.24) is 44.2 Å². The summed E-state index contributed by atoms with van der Waals surface area (Å²) in [4.78, 5) is 122. The van der Waals surface area contributed by atoms with Crippen LogP contribution in [0.1, 0.15) is 117 Å². The van der Waals surface area contributed by atoms with Gasteiger partial charge in [-0.25, -0.2) is 24.4 Å². The maximum atomic E-state index is 14.3. The van der Waals surface area contributed by atoms with Gasteiger partial charge in [0.2, 0.25) is 0 Å². The van der Waals surface area contributed by atoms with Gasteiger partial charge >= 0.3 is 46.6 Å². The van der Waals surface area contributed by atoms with Crippen LogP contribution in [-0.2, 0) is 28.5 Å². The molecule has 6 aromatic rings. The molecule has 0 saturated carbocycles. The van der Waals surface area contributed by atoms with Gasteiger partial charge in [-0.2, -0.15) is 0 Å². The summed E-state index contributed by atoms with van der Waals surface area (Å²) in [5.41, 5.74) is -1.85. The van der Waals surface area contributed by atoms with Crippen molar-refractivity contribution in [3.63, 3.8) is 0 Å². The Hall–Kier alpha value is -7.49. The first-order chi connectivity index (χ1) is 41.4. The minimum absolute atomic E-state index is 0.0132. The Morgan fingerprint density at radius 3 is 1.49 bits per heavy atom. The van der Waals surface area contributed by atoms with E-state index in [4.69, 9.17) is 72.2 Å². The number of esters is 2. The number of nitrogens with zero attached hydrogens (tertiary/aromatic N) is 11. The second kappa shape index (κ2) is 28.1. The summed E-state index contributed by atoms with van der Waals surface area (Å²) in [7, 11) is 2.50. The predicted octanol–water partition coefficient (Wildman–Crippen LogP) is 11.3. The summed E-state index contributed by atoms with van der Waals surface area (Å²) < 4.78 is 22.9. The minimum atomic E-state index is -1.25. The number of aryl methyl sites for hydroxylation is 2. The number of carbonyl (C=O) groups is 4. The lowest BCUT2D eigenvalue weighted by atomic mass is 10.0. The number of rotatable bonds is 9. The fourth-order valence-corrected chi connectivity index (χ4v) is 10.8. The number of nitrogens with one attached hydrogen (secondary N) is 1. The maximum Gasteiger partial charge on any atom is 0.410 e. The highest BCUT2D eigenvalue weighted by molar-refractivity contribution is 6.43. The number of methoxy groups -OCH3 is 2. The standard InChI is InChI=1S/C29H34Cl2N6O7.C17H13Cl3N4O3.C12H22N2O4/c1-14(2)20-21(15(3)9-10-32-20)36-25-17(11-18(30)24(31)33-25)22(23(26(36)38)37(41)42)35-12-16(4)34(13-19(35)27(39)43-8)28(40)44-29(5,6)7;1-7(2)12-13(8(3)4-5-21-12)23-16-9(6-10(18)15(20)22-16)11(19)14(17(23)25)24(26)27;1-8-6-13-9(10(15)17-5)7-14(8)11(16)18-12(2,3)4/h9-11,14,16,19H,12-13H2,1-8H3;4-7H,1-3H3;8-9,13H,6-7H2,1-5H3/t16-,19?;;8-,9-/m1.1/s1. The molecule has 8 heterocycles. The molecule has 8 rings (SSSR count). The molecule has 0 aromatic carbocycles. The van der Waals surface area contributed by atoms with Crippen molar-refractivity contribution in [2.45, 2.75) is 144 Å². The minimum Gasteiger partial charge on any atom is -0.468 e. The van der Waals surface area contributed by atoms with Gasteiger partial charge in [-0.1, -0.05) is 85.7 Å². The van der Waals surface area contributed by atoms with E-state index < -0.39 is 79.8 Å². The van der Waals surface area contributed by atoms with E-state index in [1.54, 1.807) is 71.0 Å². The van der Waals surface area contributed by atoms with E-state index in [-0.39, 0.29) is 96.6 Å². The summed E-state index contributed by atoms with van der Waals surface area (Å²) in [5, 5.41) is 27.1. The van der Waals surface area contributed by atoms with Crippen LogP contribution in [0.5, 0.6) is 0 Å². The van der Waals surface area contributed by atoms with Gasteiger partial charge in [0.25, 0.3) is 0 Å². The number of piperazine rings is 2. The molecule has 89 heavy (non-hydrogen) atoms. The van der Waals surface area contributed by atoms with Gasteiger partial charge in [-0.05, 0) is 116 Å². The lowest BCUT2D eigenvalue weighted by molar-refractivity contribution is -0.386. The van der Waals surface area contributed by atoms with Crippen LogP contribution in [0.4, 0.5) is 26.7 Å². The first-order valence-electron chi connectivity index (χ1n) is 27.8. The number of nitro groups is 2. The van der Waals surface area contributed by atoms with Crippen molar-refractivity contribution in [2.24, 2.45) is 0 Å². The Morgan fingerprint density at radius 2 is 1.07 bits per heavy atom. The van der Waals surface area contributed by atoms with Crippen LogP contribution in [0.25, 0.3) is 33.4 Å². The lowest BCUT2D eigenvalue weighted by Crippen LogP contribution is -2.62. The molecule has 1 N–H and O–H groups in total. The Morgan fingerprint density at radius 1 is 0.640 bits per heavy atom. The topological polar surface area (TPSA) is 309 Å². The molecule has 2 saturated heterocycles. The quantitative estimate of drug-likeness (QED) is 0.0462. The van der Waals surface area contributed by atoms with Crippen molar-refractivity contribution >= 4 is 121 Å². The number of aromatic nitrogens is 6. The first kappa shape index (κ1) is 70.6. The van der Waals surface area contributed by atoms with Crippen LogP contribution < -0.4 is 21.3 Å². The van der Waals surface area contributed by atoms with Crippen molar-refractivity contribution in [3.8, 4) is 11.4 Å². The maximum absolute atomic E-state index is 14.3. The van der Waals surface area contributed by atoms with Crippen LogP contribution in [0.2, 0.25) is 25.4 Å². The normalized spacial score (nSPS) is 17.0. The third-order valence-electron chi connectivity index (χ3n) is 14.0. The van der Waals surface area contributed by atoms with E-state index in [2.05, 4.69) is 30.0 Å². The van der Waals surface area contributed by atoms with Crippen molar-refractivity contribution in [3.05, 3.63) is 125 Å². The zero-order valence-corrected chi connectivity index (χ0v) is 55.6. The molecule has 480 valence electrons. The van der Waals surface area contributed by atoms with Gasteiger partial charge in [0, 0.05) is 43.0 Å². The SMILES string of the molecule is COC(=O)C1CN(C(=O)OC(C)(C)C)[C@H](C)CN1c1c([N+](=O)[O-])c(=O)n(-c2c(C)ccnc2C(C)C)c2nc(Cl)c(Cl)cc12.COC(=O)[C@H]1CN(C(=O)OC(C)(C)C)[C@H](C)CN1.Cc1ccnc(C(C)C)c1-n1c(=O)c([N+](=O)[O-])c(Cl)c2cc(Cl)c(Cl)nc21. The predicted molar refractivity (Wildman–Crippen MR) is 338 cm³/mol. The first-order valence-corrected chi connectivity index (χ1v) is 29.7. The highest BCUT2D eigenvalue weighted by Gasteiger charge is 2.45. The van der Waals surface area contributed by atoms with E-state index in [0.717, 1.165) is 16.2 Å². The summed E-state index contributed by atoms with van der Waals surface area (Å²) >= 11 is 31.0. The molecular weight excluding hydrogens is 1270 g/mol. The van der Waals surface area contributed by atoms with Crippen molar-refractivity contribution in [2.75, 3.05) is 45.3 Å². The molecule has 2 fully saturated rings. The number of hydrogen-bond donors (Lipinski definition) is 1. The second-order valence-corrected chi connectivity index (χ2v) is 25.5. The fraction of sp³-hybridized carbons (Fsp3) is 0.483. The molecule has 2 aliphatic rings. The van der Waals surface area contributed by atoms with E-state index in [9.17, 15) is 49.0 Å².